The lowest BCUT2D eigenvalue weighted by molar-refractivity contribution is -0.141. The fraction of sp³-hybridized carbons (Fsp3) is 0.471. The number of nitrogens with one attached hydrogen (secondary N) is 1. The van der Waals surface area contributed by atoms with Crippen molar-refractivity contribution in [2.75, 3.05) is 20.3 Å². The second-order valence-corrected chi connectivity index (χ2v) is 5.42. The third-order valence-corrected chi connectivity index (χ3v) is 3.40. The fourth-order valence-electron chi connectivity index (χ4n) is 1.86. The molecule has 24 heavy (non-hydrogen) atoms. The zero-order valence-corrected chi connectivity index (χ0v) is 14.1. The van der Waals surface area contributed by atoms with E-state index in [-0.39, 0.29) is 24.7 Å². The Labute approximate surface area is 141 Å². The first-order valence-corrected chi connectivity index (χ1v) is 7.66. The van der Waals surface area contributed by atoms with E-state index in [1.165, 1.54) is 21.0 Å². The highest BCUT2D eigenvalue weighted by molar-refractivity contribution is 5.94. The number of ketones is 1. The normalized spacial score (nSPS) is 11.5. The summed E-state index contributed by atoms with van der Waals surface area (Å²) in [5.74, 6) is -0.878. The van der Waals surface area contributed by atoms with Crippen molar-refractivity contribution in [3.05, 3.63) is 23.8 Å². The summed E-state index contributed by atoms with van der Waals surface area (Å²) in [5, 5.41) is 11.3. The van der Waals surface area contributed by atoms with Crippen molar-refractivity contribution in [3.8, 4) is 11.5 Å². The van der Waals surface area contributed by atoms with Crippen LogP contribution in [0.1, 0.15) is 37.0 Å². The minimum atomic E-state index is -0.945. The van der Waals surface area contributed by atoms with E-state index in [9.17, 15) is 14.4 Å². The predicted octanol–water partition coefficient (Wildman–Crippen LogP) is 1.89. The van der Waals surface area contributed by atoms with Gasteiger partial charge in [0.05, 0.1) is 19.6 Å². The first kappa shape index (κ1) is 19.5. The summed E-state index contributed by atoms with van der Waals surface area (Å²) in [7, 11) is 1.49. The number of aliphatic carboxylic acids is 1. The van der Waals surface area contributed by atoms with Crippen molar-refractivity contribution in [2.24, 2.45) is 5.92 Å². The van der Waals surface area contributed by atoms with Crippen molar-refractivity contribution in [2.45, 2.75) is 26.7 Å². The standard InChI is InChI=1S/C17H23NO6/c1-11(17(21)22)10-18-16(20)5-4-8-24-14-7-6-13(12(2)19)9-15(14)23-3/h6-7,9,11H,4-5,8,10H2,1-3H3,(H,18,20)(H,21,22). The Kier molecular flexibility index (Phi) is 7.74. The van der Waals surface area contributed by atoms with Crippen LogP contribution in [0.3, 0.4) is 0 Å². The van der Waals surface area contributed by atoms with Crippen molar-refractivity contribution in [1.29, 1.82) is 0 Å². The van der Waals surface area contributed by atoms with Crippen LogP contribution in [0.25, 0.3) is 0 Å². The van der Waals surface area contributed by atoms with Crippen molar-refractivity contribution in [3.63, 3.8) is 0 Å². The molecule has 0 fully saturated rings. The molecule has 7 heteroatoms. The smallest absolute Gasteiger partial charge is 0.308 e. The summed E-state index contributed by atoms with van der Waals surface area (Å²) in [6, 6.07) is 4.92. The van der Waals surface area contributed by atoms with E-state index < -0.39 is 11.9 Å². The van der Waals surface area contributed by atoms with Gasteiger partial charge in [-0.05, 0) is 31.5 Å². The monoisotopic (exact) mass is 337 g/mol. The molecule has 2 N–H and O–H groups in total. The number of hydrogen-bond donors (Lipinski definition) is 2. The highest BCUT2D eigenvalue weighted by atomic mass is 16.5. The maximum Gasteiger partial charge on any atom is 0.308 e. The van der Waals surface area contributed by atoms with Crippen LogP contribution in [0.15, 0.2) is 18.2 Å². The molecule has 0 aliphatic carbocycles. The molecule has 0 spiro atoms. The average molecular weight is 337 g/mol. The maximum atomic E-state index is 11.6. The summed E-state index contributed by atoms with van der Waals surface area (Å²) in [6.07, 6.45) is 0.713. The van der Waals surface area contributed by atoms with E-state index in [1.54, 1.807) is 18.2 Å². The number of ether oxygens (including phenoxy) is 2. The van der Waals surface area contributed by atoms with Crippen LogP contribution in [-0.2, 0) is 9.59 Å². The number of Topliss-reactive ketones (excluding diaryl/α,β-unsaturated/α-hetero) is 1. The Morgan fingerprint density at radius 1 is 1.25 bits per heavy atom. The first-order valence-electron chi connectivity index (χ1n) is 7.66. The molecule has 0 aliphatic rings. The van der Waals surface area contributed by atoms with Crippen LogP contribution < -0.4 is 14.8 Å². The van der Waals surface area contributed by atoms with Gasteiger partial charge in [-0.3, -0.25) is 14.4 Å². The molecule has 1 aromatic carbocycles. The fourth-order valence-corrected chi connectivity index (χ4v) is 1.86. The topological polar surface area (TPSA) is 102 Å². The molecule has 1 aromatic rings. The molecule has 1 atom stereocenters. The summed E-state index contributed by atoms with van der Waals surface area (Å²) >= 11 is 0. The van der Waals surface area contributed by atoms with Crippen LogP contribution in [0.2, 0.25) is 0 Å². The van der Waals surface area contributed by atoms with E-state index in [1.807, 2.05) is 0 Å². The molecule has 132 valence electrons. The number of carbonyl (C=O) groups excluding carboxylic acids is 2. The molecule has 0 saturated carbocycles. The molecule has 0 aliphatic heterocycles. The first-order chi connectivity index (χ1) is 11.3. The van der Waals surface area contributed by atoms with Crippen molar-refractivity contribution < 1.29 is 29.0 Å². The molecular formula is C17H23NO6. The molecule has 0 saturated heterocycles. The van der Waals surface area contributed by atoms with E-state index in [0.717, 1.165) is 0 Å². The van der Waals surface area contributed by atoms with Gasteiger partial charge >= 0.3 is 5.97 Å². The molecular weight excluding hydrogens is 314 g/mol. The molecule has 1 unspecified atom stereocenters. The Morgan fingerprint density at radius 2 is 1.96 bits per heavy atom. The third kappa shape index (κ3) is 6.28. The molecule has 0 bridgehead atoms. The van der Waals surface area contributed by atoms with Crippen LogP contribution in [0.5, 0.6) is 11.5 Å². The van der Waals surface area contributed by atoms with Gasteiger partial charge < -0.3 is 19.9 Å². The zero-order chi connectivity index (χ0) is 18.1. The number of amides is 1. The Hall–Kier alpha value is -2.57. The SMILES string of the molecule is COc1cc(C(C)=O)ccc1OCCCC(=O)NCC(C)C(=O)O. The molecule has 0 radical (unpaired) electrons. The molecule has 7 nitrogen and oxygen atoms in total. The van der Waals surface area contributed by atoms with Gasteiger partial charge in [-0.25, -0.2) is 0 Å². The van der Waals surface area contributed by atoms with Crippen molar-refractivity contribution in [1.82, 2.24) is 5.32 Å². The van der Waals surface area contributed by atoms with Crippen LogP contribution >= 0.6 is 0 Å². The third-order valence-electron chi connectivity index (χ3n) is 3.40. The number of methoxy groups -OCH3 is 1. The highest BCUT2D eigenvalue weighted by Crippen LogP contribution is 2.28. The zero-order valence-electron chi connectivity index (χ0n) is 14.1. The van der Waals surface area contributed by atoms with Gasteiger partial charge in [0.25, 0.3) is 0 Å². The van der Waals surface area contributed by atoms with Gasteiger partial charge in [0, 0.05) is 18.5 Å². The molecule has 0 aromatic heterocycles. The second kappa shape index (κ2) is 9.54. The Balaban J connectivity index is 2.38. The lowest BCUT2D eigenvalue weighted by Crippen LogP contribution is -2.31. The van der Waals surface area contributed by atoms with E-state index in [4.69, 9.17) is 14.6 Å². The van der Waals surface area contributed by atoms with Gasteiger partial charge in [-0.1, -0.05) is 6.92 Å². The maximum absolute atomic E-state index is 11.6. The minimum absolute atomic E-state index is 0.0629. The number of carboxylic acids is 1. The number of hydrogen-bond acceptors (Lipinski definition) is 5. The van der Waals surface area contributed by atoms with Crippen molar-refractivity contribution >= 4 is 17.7 Å². The number of rotatable bonds is 10. The summed E-state index contributed by atoms with van der Waals surface area (Å²) in [4.78, 5) is 33.6. The lowest BCUT2D eigenvalue weighted by atomic mass is 10.1. The van der Waals surface area contributed by atoms with E-state index in [2.05, 4.69) is 5.32 Å². The van der Waals surface area contributed by atoms with Crippen LogP contribution in [-0.4, -0.2) is 43.0 Å². The number of carboxylic acid groups (broad SMARTS) is 1. The number of benzene rings is 1. The van der Waals surface area contributed by atoms with E-state index in [0.29, 0.717) is 30.1 Å². The highest BCUT2D eigenvalue weighted by Gasteiger charge is 2.12. The second-order valence-electron chi connectivity index (χ2n) is 5.42. The Bertz CT molecular complexity index is 599. The average Bonchev–Trinajstić information content (AvgIpc) is 2.56. The predicted molar refractivity (Wildman–Crippen MR) is 87.5 cm³/mol. The van der Waals surface area contributed by atoms with Gasteiger partial charge in [0.2, 0.25) is 5.91 Å². The minimum Gasteiger partial charge on any atom is -0.493 e. The van der Waals surface area contributed by atoms with E-state index >= 15 is 0 Å². The largest absolute Gasteiger partial charge is 0.493 e. The van der Waals surface area contributed by atoms with Gasteiger partial charge in [0.15, 0.2) is 17.3 Å². The summed E-state index contributed by atoms with van der Waals surface area (Å²) in [5.41, 5.74) is 0.533. The van der Waals surface area contributed by atoms with Gasteiger partial charge in [0.1, 0.15) is 0 Å². The summed E-state index contributed by atoms with van der Waals surface area (Å²) < 4.78 is 10.8. The Morgan fingerprint density at radius 3 is 2.54 bits per heavy atom. The quantitative estimate of drug-likeness (QED) is 0.499. The molecule has 1 amide bonds. The van der Waals surface area contributed by atoms with Gasteiger partial charge in [-0.2, -0.15) is 0 Å². The summed E-state index contributed by atoms with van der Waals surface area (Å²) in [6.45, 7) is 3.41. The molecule has 0 heterocycles. The number of carbonyl (C=O) groups is 3. The van der Waals surface area contributed by atoms with Crippen LogP contribution in [0, 0.1) is 5.92 Å². The molecule has 1 rings (SSSR count). The van der Waals surface area contributed by atoms with Gasteiger partial charge in [-0.15, -0.1) is 0 Å². The van der Waals surface area contributed by atoms with Crippen LogP contribution in [0.4, 0.5) is 0 Å². The lowest BCUT2D eigenvalue weighted by Gasteiger charge is -2.12.